The summed E-state index contributed by atoms with van der Waals surface area (Å²) in [4.78, 5) is 66.6. The van der Waals surface area contributed by atoms with Crippen LogP contribution in [0, 0.1) is 18.3 Å². The highest BCUT2D eigenvalue weighted by Gasteiger charge is 2.28. The molecule has 0 radical (unpaired) electrons. The Hall–Kier alpha value is -10.8. The summed E-state index contributed by atoms with van der Waals surface area (Å²) in [5, 5.41) is 119. The van der Waals surface area contributed by atoms with Crippen molar-refractivity contribution in [3.63, 3.8) is 0 Å². The van der Waals surface area contributed by atoms with Crippen molar-refractivity contribution in [1.29, 1.82) is 5.41 Å². The predicted octanol–water partition coefficient (Wildman–Crippen LogP) is 7.65. The number of allylic oxidation sites excluding steroid dienone is 1. The molecule has 12 N–H and O–H groups in total. The molecule has 6 rings (SSSR count). The van der Waals surface area contributed by atoms with Crippen LogP contribution in [0.5, 0.6) is 0 Å². The molecule has 5 aromatic heterocycles. The number of aromatic nitrogens is 5. The average molecular weight is 1120 g/mol. The number of aryl methyl sites for hydroxylation is 1. The summed E-state index contributed by atoms with van der Waals surface area (Å²) in [6.45, 7) is 29.0. The summed E-state index contributed by atoms with van der Waals surface area (Å²) in [7, 11) is 0. The normalized spacial score (nSPS) is 17.6. The van der Waals surface area contributed by atoms with Crippen LogP contribution in [0.25, 0.3) is 39.1 Å². The Balaban J connectivity index is 1.47. The number of carbonyl (C=O) groups excluding carboxylic acids is 1. The fraction of sp³-hybridized carbons (Fsp3) is 0.180. The summed E-state index contributed by atoms with van der Waals surface area (Å²) in [6.07, 6.45) is 1.89. The quantitative estimate of drug-likeness (QED) is 0.0549. The predicted molar refractivity (Wildman–Crippen MR) is 297 cm³/mol. The van der Waals surface area contributed by atoms with Gasteiger partial charge < -0.3 is 69.6 Å². The lowest BCUT2D eigenvalue weighted by molar-refractivity contribution is 0.0962. The highest BCUT2D eigenvalue weighted by atomic mass is 32.1. The number of carbonyl (C=O) groups is 1. The molecular weight excluding hydrogens is 1070 g/mol. The van der Waals surface area contributed by atoms with Gasteiger partial charge in [-0.05, 0) is 38.8 Å². The van der Waals surface area contributed by atoms with Crippen LogP contribution in [0.4, 0.5) is 0 Å². The summed E-state index contributed by atoms with van der Waals surface area (Å²) >= 11 is 0.933. The Morgan fingerprint density at radius 3 is 1.98 bits per heavy atom. The minimum Gasteiger partial charge on any atom is -0.495 e. The first-order chi connectivity index (χ1) is 37.7. The van der Waals surface area contributed by atoms with E-state index in [0.717, 1.165) is 23.9 Å². The number of hydrogen-bond donors (Lipinski definition) is 12. The van der Waals surface area contributed by atoms with Crippen molar-refractivity contribution in [2.75, 3.05) is 0 Å². The van der Waals surface area contributed by atoms with Crippen molar-refractivity contribution in [2.24, 2.45) is 45.9 Å². The first-order valence-electron chi connectivity index (χ1n) is 22.8. The Morgan fingerprint density at radius 2 is 1.31 bits per heavy atom. The zero-order valence-corrected chi connectivity index (χ0v) is 43.7. The topological polar surface area (TPSA) is 458 Å². The number of pyridine rings is 1. The van der Waals surface area contributed by atoms with Crippen LogP contribution in [0.15, 0.2) is 152 Å². The van der Waals surface area contributed by atoms with Gasteiger partial charge in [-0.25, -0.2) is 64.9 Å². The molecule has 6 heterocycles. The van der Waals surface area contributed by atoms with Gasteiger partial charge in [-0.1, -0.05) is 59.4 Å². The SMILES string of the molecule is C=C(N=C(O)C(=C)NC(=O)c1ccc2c(n1)-c1coc(n1)C(=C)N=C(O)C(=C)N=C(O)c1nc(oc1C)C(=C)N=C(O)C(C(C)C)N=C(O)C(=C)N=C(O)c1coc(n1)C(=CC)N=C(O)C(C(C)O)N=C(O)c1csc-2n1)C(=N)O. The average Bonchev–Trinajstić information content (AvgIpc) is 4.26. The molecule has 3 unspecified atom stereocenters. The number of fused-ring (bicyclic) bond motifs is 11. The third kappa shape index (κ3) is 13.6. The van der Waals surface area contributed by atoms with E-state index in [1.807, 2.05) is 0 Å². The molecule has 1 aliphatic rings. The zero-order valence-electron chi connectivity index (χ0n) is 42.8. The molecule has 1 amide bonds. The fourth-order valence-corrected chi connectivity index (χ4v) is 7.19. The van der Waals surface area contributed by atoms with Crippen molar-refractivity contribution in [1.82, 2.24) is 30.2 Å². The summed E-state index contributed by atoms with van der Waals surface area (Å²) in [6, 6.07) is -0.287. The molecule has 29 nitrogen and oxygen atoms in total. The van der Waals surface area contributed by atoms with E-state index in [-0.39, 0.29) is 85.3 Å². The van der Waals surface area contributed by atoms with Crippen LogP contribution in [0.3, 0.4) is 0 Å². The summed E-state index contributed by atoms with van der Waals surface area (Å²) in [5.41, 5.74) is -3.95. The van der Waals surface area contributed by atoms with Gasteiger partial charge in [0, 0.05) is 10.9 Å². The van der Waals surface area contributed by atoms with Gasteiger partial charge in [-0.2, -0.15) is 0 Å². The molecule has 0 aromatic carbocycles. The van der Waals surface area contributed by atoms with Gasteiger partial charge in [0.15, 0.2) is 17.4 Å². The molecule has 0 saturated carbocycles. The third-order valence-corrected chi connectivity index (χ3v) is 11.4. The lowest BCUT2D eigenvalue weighted by Crippen LogP contribution is -2.31. The first-order valence-corrected chi connectivity index (χ1v) is 23.7. The van der Waals surface area contributed by atoms with E-state index in [9.17, 15) is 55.9 Å². The second-order valence-electron chi connectivity index (χ2n) is 16.8. The number of amides is 1. The van der Waals surface area contributed by atoms with E-state index < -0.39 is 106 Å². The number of aliphatic hydroxyl groups is 10. The van der Waals surface area contributed by atoms with Gasteiger partial charge in [0.1, 0.15) is 86.3 Å². The molecule has 1 aliphatic heterocycles. The number of rotatable bonds is 7. The molecule has 3 atom stereocenters. The van der Waals surface area contributed by atoms with Gasteiger partial charge >= 0.3 is 0 Å². The number of hydrogen-bond acceptors (Lipinski definition) is 20. The summed E-state index contributed by atoms with van der Waals surface area (Å²) < 4.78 is 16.7. The van der Waals surface area contributed by atoms with Gasteiger partial charge in [-0.15, -0.1) is 11.3 Å². The number of thiazole rings is 1. The van der Waals surface area contributed by atoms with Crippen molar-refractivity contribution >= 4 is 87.4 Å². The summed E-state index contributed by atoms with van der Waals surface area (Å²) in [5.74, 6) is -10.1. The highest BCUT2D eigenvalue weighted by Crippen LogP contribution is 2.34. The molecule has 0 fully saturated rings. The second kappa shape index (κ2) is 24.5. The van der Waals surface area contributed by atoms with E-state index in [4.69, 9.17) is 18.7 Å². The lowest BCUT2D eigenvalue weighted by Gasteiger charge is -2.15. The van der Waals surface area contributed by atoms with Crippen molar-refractivity contribution < 1.29 is 69.1 Å². The van der Waals surface area contributed by atoms with Crippen molar-refractivity contribution in [3.05, 3.63) is 145 Å². The van der Waals surface area contributed by atoms with Crippen molar-refractivity contribution in [2.45, 2.75) is 52.8 Å². The van der Waals surface area contributed by atoms with Crippen LogP contribution in [0.2, 0.25) is 0 Å². The smallest absolute Gasteiger partial charge is 0.274 e. The number of aliphatic imine (C=N–C) groups is 8. The molecule has 80 heavy (non-hydrogen) atoms. The lowest BCUT2D eigenvalue weighted by atomic mass is 10.1. The molecule has 0 saturated heterocycles. The number of nitrogens with one attached hydrogen (secondary N) is 2. The molecule has 5 aromatic rings. The maximum Gasteiger partial charge on any atom is 0.274 e. The fourth-order valence-electron chi connectivity index (χ4n) is 6.37. The Bertz CT molecular complexity index is 3690. The minimum absolute atomic E-state index is 0.0276. The van der Waals surface area contributed by atoms with Gasteiger partial charge in [0.25, 0.3) is 5.91 Å². The largest absolute Gasteiger partial charge is 0.495 e. The van der Waals surface area contributed by atoms with E-state index >= 15 is 0 Å². The zero-order chi connectivity index (χ0) is 59.0. The second-order valence-corrected chi connectivity index (χ2v) is 17.6. The van der Waals surface area contributed by atoms with Crippen molar-refractivity contribution in [3.8, 4) is 22.0 Å². The Morgan fingerprint density at radius 1 is 0.713 bits per heavy atom. The molecule has 0 spiro atoms. The Labute approximate surface area is 455 Å². The molecule has 414 valence electrons. The maximum atomic E-state index is 13.5. The van der Waals surface area contributed by atoms with Gasteiger partial charge in [0.05, 0.1) is 11.8 Å². The van der Waals surface area contributed by atoms with E-state index in [0.29, 0.717) is 0 Å². The van der Waals surface area contributed by atoms with Crippen LogP contribution in [0.1, 0.15) is 78.7 Å². The van der Waals surface area contributed by atoms with Crippen LogP contribution in [-0.4, -0.2) is 153 Å². The first kappa shape index (κ1) is 58.5. The number of aliphatic hydroxyl groups excluding tert-OH is 10. The highest BCUT2D eigenvalue weighted by molar-refractivity contribution is 7.13. The third-order valence-electron chi connectivity index (χ3n) is 10.5. The van der Waals surface area contributed by atoms with E-state index in [2.05, 4.69) is 110 Å². The number of nitrogens with zero attached hydrogens (tertiary/aromatic N) is 13. The monoisotopic (exact) mass is 1120 g/mol. The van der Waals surface area contributed by atoms with Crippen LogP contribution in [-0.2, 0) is 0 Å². The maximum absolute atomic E-state index is 13.5. The molecule has 30 heteroatoms. The van der Waals surface area contributed by atoms with Crippen LogP contribution < -0.4 is 5.32 Å². The molecule has 0 aliphatic carbocycles. The standard InChI is InChI=1S/C50H49N15O14S/c1-12-28-49-61-31(16-78-49)42(72)54-22(7)40(70)63-33(18(2)3)44(74)57-24(9)48-65-35(26(11)79-48)46(76)55-21(6)39(69)56-23(8)47-60-30(15-77-47)36-27(50-62-32(17-80-50)43(73)64-34(25(10)66)45(75)59-28)13-14-29(58-36)41(71)53-20(5)38(68)52-19(4)37(51)67/h12-18,25,33-34,66H,4-9H2,1-3,10-11H3,(H2,51,67)(H,52,68)(H,53,71)(H,54,72)(H,55,76)(H,56,69)(H,57,74)(H,59,75)(H,63,70)(H,64,73). The Kier molecular flexibility index (Phi) is 17.9. The number of oxazole rings is 3. The molecular formula is C50H49N15O14S. The van der Waals surface area contributed by atoms with E-state index in [1.54, 1.807) is 13.8 Å². The van der Waals surface area contributed by atoms with E-state index in [1.165, 1.54) is 44.4 Å². The minimum atomic E-state index is -1.64. The van der Waals surface area contributed by atoms with Gasteiger partial charge in [-0.3, -0.25) is 10.2 Å². The molecule has 8 bridgehead atoms. The van der Waals surface area contributed by atoms with Crippen LogP contribution >= 0.6 is 11.3 Å². The van der Waals surface area contributed by atoms with Gasteiger partial charge in [0.2, 0.25) is 70.8 Å².